The molecule has 0 atom stereocenters. The third kappa shape index (κ3) is 4.18. The molecule has 0 saturated carbocycles. The summed E-state index contributed by atoms with van der Waals surface area (Å²) in [5, 5.41) is 0. The first-order valence-electron chi connectivity index (χ1n) is 6.04. The van der Waals surface area contributed by atoms with Crippen molar-refractivity contribution < 1.29 is 17.5 Å². The fraction of sp³-hybridized carbons (Fsp3) is 0.143. The number of benzene rings is 2. The van der Waals surface area contributed by atoms with Crippen LogP contribution >= 0.6 is 15.9 Å². The lowest BCUT2D eigenvalue weighted by molar-refractivity contribution is 0.340. The maximum Gasteiger partial charge on any atom is 0.183 e. The van der Waals surface area contributed by atoms with E-state index in [1.54, 1.807) is 18.2 Å². The lowest BCUT2D eigenvalue weighted by Gasteiger charge is -2.09. The van der Waals surface area contributed by atoms with E-state index in [-0.39, 0.29) is 22.9 Å². The van der Waals surface area contributed by atoms with Gasteiger partial charge in [0.1, 0.15) is 18.2 Å². The monoisotopic (exact) mass is 373 g/mol. The summed E-state index contributed by atoms with van der Waals surface area (Å²) in [6, 6.07) is 10.3. The molecule has 4 nitrogen and oxygen atoms in total. The predicted molar refractivity (Wildman–Crippen MR) is 82.5 cm³/mol. The van der Waals surface area contributed by atoms with Crippen molar-refractivity contribution in [2.24, 2.45) is 0 Å². The first-order chi connectivity index (χ1) is 9.88. The van der Waals surface area contributed by atoms with E-state index in [1.807, 2.05) is 6.07 Å². The Labute approximate surface area is 130 Å². The average Bonchev–Trinajstić information content (AvgIpc) is 2.41. The van der Waals surface area contributed by atoms with Gasteiger partial charge in [-0.05, 0) is 36.4 Å². The van der Waals surface area contributed by atoms with Gasteiger partial charge < -0.3 is 10.5 Å². The molecule has 112 valence electrons. The Morgan fingerprint density at radius 2 is 1.95 bits per heavy atom. The first-order valence-corrected chi connectivity index (χ1v) is 8.49. The normalized spacial score (nSPS) is 11.3. The standard InChI is InChI=1S/C14H13BrFNO3S/c15-10-2-1-3-12(8-10)20-6-7-21(18,19)14-9-11(16)4-5-13(14)17/h1-5,8-9H,6-7,17H2. The number of nitrogens with two attached hydrogens (primary N) is 1. The minimum atomic E-state index is -3.70. The SMILES string of the molecule is Nc1ccc(F)cc1S(=O)(=O)CCOc1cccc(Br)c1. The molecule has 0 fully saturated rings. The highest BCUT2D eigenvalue weighted by Crippen LogP contribution is 2.21. The van der Waals surface area contributed by atoms with E-state index in [0.29, 0.717) is 5.75 Å². The van der Waals surface area contributed by atoms with Gasteiger partial charge in [-0.1, -0.05) is 22.0 Å². The molecule has 0 amide bonds. The number of nitrogen functional groups attached to an aromatic ring is 1. The molecule has 0 radical (unpaired) electrons. The number of halogens is 2. The number of rotatable bonds is 5. The molecule has 0 unspecified atom stereocenters. The molecule has 0 saturated heterocycles. The third-order valence-corrected chi connectivity index (χ3v) is 4.95. The van der Waals surface area contributed by atoms with E-state index in [9.17, 15) is 12.8 Å². The fourth-order valence-corrected chi connectivity index (χ4v) is 3.33. The predicted octanol–water partition coefficient (Wildman–Crippen LogP) is 3.02. The summed E-state index contributed by atoms with van der Waals surface area (Å²) in [5.41, 5.74) is 5.61. The summed E-state index contributed by atoms with van der Waals surface area (Å²) >= 11 is 3.29. The Bertz CT molecular complexity index is 750. The van der Waals surface area contributed by atoms with Crippen LogP contribution in [0.5, 0.6) is 5.75 Å². The van der Waals surface area contributed by atoms with Crippen molar-refractivity contribution >= 4 is 31.5 Å². The Hall–Kier alpha value is -1.60. The average molecular weight is 374 g/mol. The van der Waals surface area contributed by atoms with Crippen molar-refractivity contribution in [3.63, 3.8) is 0 Å². The summed E-state index contributed by atoms with van der Waals surface area (Å²) in [6.45, 7) is -0.0469. The van der Waals surface area contributed by atoms with Crippen LogP contribution in [-0.4, -0.2) is 20.8 Å². The zero-order valence-electron chi connectivity index (χ0n) is 10.9. The summed E-state index contributed by atoms with van der Waals surface area (Å²) < 4.78 is 43.6. The van der Waals surface area contributed by atoms with E-state index >= 15 is 0 Å². The Morgan fingerprint density at radius 1 is 1.19 bits per heavy atom. The van der Waals surface area contributed by atoms with Crippen LogP contribution < -0.4 is 10.5 Å². The Balaban J connectivity index is 2.06. The molecule has 2 aromatic carbocycles. The molecule has 2 rings (SSSR count). The summed E-state index contributed by atoms with van der Waals surface area (Å²) in [6.07, 6.45) is 0. The maximum absolute atomic E-state index is 13.2. The molecule has 0 aromatic heterocycles. The van der Waals surface area contributed by atoms with Crippen LogP contribution in [0, 0.1) is 5.82 Å². The van der Waals surface area contributed by atoms with Gasteiger partial charge in [-0.2, -0.15) is 0 Å². The highest BCUT2D eigenvalue weighted by molar-refractivity contribution is 9.10. The lowest BCUT2D eigenvalue weighted by Crippen LogP contribution is -2.16. The van der Waals surface area contributed by atoms with Crippen LogP contribution in [0.2, 0.25) is 0 Å². The highest BCUT2D eigenvalue weighted by atomic mass is 79.9. The molecule has 0 aliphatic rings. The van der Waals surface area contributed by atoms with Gasteiger partial charge in [-0.15, -0.1) is 0 Å². The lowest BCUT2D eigenvalue weighted by atomic mass is 10.3. The smallest absolute Gasteiger partial charge is 0.183 e. The summed E-state index contributed by atoms with van der Waals surface area (Å²) in [5.74, 6) is -0.379. The zero-order valence-corrected chi connectivity index (χ0v) is 13.3. The van der Waals surface area contributed by atoms with Crippen LogP contribution in [0.4, 0.5) is 10.1 Å². The van der Waals surface area contributed by atoms with Crippen molar-refractivity contribution in [2.75, 3.05) is 18.1 Å². The number of ether oxygens (including phenoxy) is 1. The number of hydrogen-bond donors (Lipinski definition) is 1. The van der Waals surface area contributed by atoms with Gasteiger partial charge in [0.25, 0.3) is 0 Å². The van der Waals surface area contributed by atoms with Gasteiger partial charge >= 0.3 is 0 Å². The largest absolute Gasteiger partial charge is 0.492 e. The van der Waals surface area contributed by atoms with Gasteiger partial charge in [-0.25, -0.2) is 12.8 Å². The molecule has 0 aliphatic carbocycles. The minimum absolute atomic E-state index is 0.0267. The van der Waals surface area contributed by atoms with E-state index < -0.39 is 15.7 Å². The topological polar surface area (TPSA) is 69.4 Å². The van der Waals surface area contributed by atoms with Crippen molar-refractivity contribution in [1.82, 2.24) is 0 Å². The first kappa shape index (κ1) is 15.8. The number of anilines is 1. The number of sulfone groups is 1. The van der Waals surface area contributed by atoms with Crippen molar-refractivity contribution in [3.05, 3.63) is 52.8 Å². The zero-order chi connectivity index (χ0) is 15.5. The molecule has 0 aliphatic heterocycles. The van der Waals surface area contributed by atoms with Crippen molar-refractivity contribution in [2.45, 2.75) is 4.90 Å². The maximum atomic E-state index is 13.2. The van der Waals surface area contributed by atoms with Gasteiger partial charge in [0.15, 0.2) is 9.84 Å². The van der Waals surface area contributed by atoms with Crippen LogP contribution in [0.3, 0.4) is 0 Å². The fourth-order valence-electron chi connectivity index (χ4n) is 1.71. The van der Waals surface area contributed by atoms with Gasteiger partial charge in [0.2, 0.25) is 0 Å². The molecular weight excluding hydrogens is 361 g/mol. The molecule has 2 N–H and O–H groups in total. The molecule has 0 spiro atoms. The van der Waals surface area contributed by atoms with Crippen LogP contribution in [0.15, 0.2) is 51.8 Å². The molecule has 21 heavy (non-hydrogen) atoms. The quantitative estimate of drug-likeness (QED) is 0.817. The summed E-state index contributed by atoms with van der Waals surface area (Å²) in [4.78, 5) is -0.208. The van der Waals surface area contributed by atoms with Gasteiger partial charge in [0.05, 0.1) is 16.3 Å². The Morgan fingerprint density at radius 3 is 2.67 bits per heavy atom. The van der Waals surface area contributed by atoms with E-state index in [0.717, 1.165) is 16.6 Å². The number of hydrogen-bond acceptors (Lipinski definition) is 4. The molecule has 0 bridgehead atoms. The Kier molecular flexibility index (Phi) is 4.84. The van der Waals surface area contributed by atoms with Crippen LogP contribution in [-0.2, 0) is 9.84 Å². The molecule has 2 aromatic rings. The van der Waals surface area contributed by atoms with Crippen LogP contribution in [0.25, 0.3) is 0 Å². The van der Waals surface area contributed by atoms with Gasteiger partial charge in [-0.3, -0.25) is 0 Å². The van der Waals surface area contributed by atoms with Crippen molar-refractivity contribution in [3.8, 4) is 5.75 Å². The minimum Gasteiger partial charge on any atom is -0.492 e. The van der Waals surface area contributed by atoms with E-state index in [1.165, 1.54) is 6.07 Å². The second-order valence-electron chi connectivity index (χ2n) is 4.31. The third-order valence-electron chi connectivity index (χ3n) is 2.73. The van der Waals surface area contributed by atoms with Crippen molar-refractivity contribution in [1.29, 1.82) is 0 Å². The van der Waals surface area contributed by atoms with Crippen LogP contribution in [0.1, 0.15) is 0 Å². The summed E-state index contributed by atoms with van der Waals surface area (Å²) in [7, 11) is -3.70. The van der Waals surface area contributed by atoms with Gasteiger partial charge in [0, 0.05) is 4.47 Å². The second kappa shape index (κ2) is 6.44. The van der Waals surface area contributed by atoms with E-state index in [2.05, 4.69) is 15.9 Å². The van der Waals surface area contributed by atoms with E-state index in [4.69, 9.17) is 10.5 Å². The second-order valence-corrected chi connectivity index (χ2v) is 7.30. The molecule has 7 heteroatoms. The molecule has 0 heterocycles. The molecular formula is C14H13BrFNO3S. The highest BCUT2D eigenvalue weighted by Gasteiger charge is 2.18.